The van der Waals surface area contributed by atoms with Crippen LogP contribution in [0.5, 0.6) is 0 Å². The molecule has 0 unspecified atom stereocenters. The number of aryl methyl sites for hydroxylation is 2. The van der Waals surface area contributed by atoms with E-state index in [0.717, 1.165) is 35.6 Å². The summed E-state index contributed by atoms with van der Waals surface area (Å²) in [6.45, 7) is 6.37. The van der Waals surface area contributed by atoms with Crippen LogP contribution in [-0.2, 0) is 4.79 Å². The predicted octanol–water partition coefficient (Wildman–Crippen LogP) is 5.24. The monoisotopic (exact) mass is 287 g/mol. The fraction of sp³-hybridized carbons (Fsp3) is 0.632. The number of amides is 1. The lowest BCUT2D eigenvalue weighted by Gasteiger charge is -2.28. The maximum atomic E-state index is 12.5. The highest BCUT2D eigenvalue weighted by atomic mass is 16.1. The summed E-state index contributed by atoms with van der Waals surface area (Å²) >= 11 is 0. The van der Waals surface area contributed by atoms with Gasteiger partial charge in [-0.05, 0) is 56.6 Å². The Morgan fingerprint density at radius 3 is 2.33 bits per heavy atom. The lowest BCUT2D eigenvalue weighted by atomic mass is 9.79. The van der Waals surface area contributed by atoms with E-state index < -0.39 is 0 Å². The van der Waals surface area contributed by atoms with E-state index in [4.69, 9.17) is 0 Å². The Labute approximate surface area is 129 Å². The van der Waals surface area contributed by atoms with Crippen LogP contribution in [0.4, 0.5) is 5.69 Å². The van der Waals surface area contributed by atoms with Gasteiger partial charge in [-0.25, -0.2) is 0 Å². The Bertz CT molecular complexity index is 452. The van der Waals surface area contributed by atoms with E-state index in [-0.39, 0.29) is 11.8 Å². The maximum Gasteiger partial charge on any atom is 0.227 e. The maximum absolute atomic E-state index is 12.5. The summed E-state index contributed by atoms with van der Waals surface area (Å²) in [5, 5.41) is 3.17. The zero-order chi connectivity index (χ0) is 15.2. The summed E-state index contributed by atoms with van der Waals surface area (Å²) in [6, 6.07) is 6.16. The molecule has 0 aromatic heterocycles. The Kier molecular flexibility index (Phi) is 5.84. The molecule has 0 atom stereocenters. The number of carbonyl (C=O) groups excluding carboxylic acids is 1. The highest BCUT2D eigenvalue weighted by Gasteiger charge is 2.26. The number of anilines is 1. The van der Waals surface area contributed by atoms with Gasteiger partial charge in [-0.15, -0.1) is 0 Å². The van der Waals surface area contributed by atoms with Crippen LogP contribution in [0, 0.1) is 25.7 Å². The number of rotatable bonds is 5. The number of benzene rings is 1. The van der Waals surface area contributed by atoms with E-state index in [1.807, 2.05) is 6.07 Å². The number of hydrogen-bond acceptors (Lipinski definition) is 1. The quantitative estimate of drug-likeness (QED) is 0.788. The van der Waals surface area contributed by atoms with Crippen LogP contribution >= 0.6 is 0 Å². The first-order valence-electron chi connectivity index (χ1n) is 8.49. The molecule has 2 rings (SSSR count). The zero-order valence-corrected chi connectivity index (χ0v) is 13.7. The fourth-order valence-electron chi connectivity index (χ4n) is 3.44. The summed E-state index contributed by atoms with van der Waals surface area (Å²) in [6.07, 6.45) is 8.55. The largest absolute Gasteiger partial charge is 0.325 e. The van der Waals surface area contributed by atoms with Crippen molar-refractivity contribution in [2.24, 2.45) is 11.8 Å². The highest BCUT2D eigenvalue weighted by molar-refractivity contribution is 5.94. The smallest absolute Gasteiger partial charge is 0.227 e. The van der Waals surface area contributed by atoms with E-state index >= 15 is 0 Å². The third-order valence-corrected chi connectivity index (χ3v) is 4.91. The molecule has 1 aromatic rings. The average Bonchev–Trinajstić information content (AvgIpc) is 2.49. The lowest BCUT2D eigenvalue weighted by Crippen LogP contribution is -2.27. The van der Waals surface area contributed by atoms with E-state index in [2.05, 4.69) is 38.2 Å². The van der Waals surface area contributed by atoms with Crippen LogP contribution < -0.4 is 5.32 Å². The molecule has 1 N–H and O–H groups in total. The van der Waals surface area contributed by atoms with Crippen LogP contribution in [0.3, 0.4) is 0 Å². The number of hydrogen-bond donors (Lipinski definition) is 1. The van der Waals surface area contributed by atoms with Gasteiger partial charge in [0.15, 0.2) is 0 Å². The Balaban J connectivity index is 1.88. The van der Waals surface area contributed by atoms with Crippen molar-refractivity contribution in [3.63, 3.8) is 0 Å². The van der Waals surface area contributed by atoms with E-state index in [1.165, 1.54) is 32.1 Å². The molecule has 0 aliphatic heterocycles. The van der Waals surface area contributed by atoms with E-state index in [0.29, 0.717) is 0 Å². The second-order valence-electron chi connectivity index (χ2n) is 6.62. The average molecular weight is 287 g/mol. The van der Waals surface area contributed by atoms with Crippen molar-refractivity contribution < 1.29 is 4.79 Å². The van der Waals surface area contributed by atoms with Crippen molar-refractivity contribution in [1.29, 1.82) is 0 Å². The topological polar surface area (TPSA) is 29.1 Å². The van der Waals surface area contributed by atoms with Crippen molar-refractivity contribution in [3.8, 4) is 0 Å². The van der Waals surface area contributed by atoms with E-state index in [9.17, 15) is 4.79 Å². The van der Waals surface area contributed by atoms with Crippen LogP contribution in [0.15, 0.2) is 18.2 Å². The molecule has 0 radical (unpaired) electrons. The molecule has 1 aromatic carbocycles. The molecule has 1 fully saturated rings. The van der Waals surface area contributed by atoms with Crippen molar-refractivity contribution in [3.05, 3.63) is 29.3 Å². The van der Waals surface area contributed by atoms with Crippen LogP contribution in [0.25, 0.3) is 0 Å². The van der Waals surface area contributed by atoms with Crippen molar-refractivity contribution >= 4 is 11.6 Å². The second-order valence-corrected chi connectivity index (χ2v) is 6.62. The molecular weight excluding hydrogens is 258 g/mol. The zero-order valence-electron chi connectivity index (χ0n) is 13.7. The summed E-state index contributed by atoms with van der Waals surface area (Å²) in [4.78, 5) is 12.5. The highest BCUT2D eigenvalue weighted by Crippen LogP contribution is 2.33. The summed E-state index contributed by atoms with van der Waals surface area (Å²) < 4.78 is 0. The molecule has 2 heteroatoms. The number of nitrogens with one attached hydrogen (secondary N) is 1. The van der Waals surface area contributed by atoms with Gasteiger partial charge in [0.2, 0.25) is 5.91 Å². The molecule has 116 valence electrons. The van der Waals surface area contributed by atoms with E-state index in [1.54, 1.807) is 0 Å². The molecule has 0 bridgehead atoms. The lowest BCUT2D eigenvalue weighted by molar-refractivity contribution is -0.121. The summed E-state index contributed by atoms with van der Waals surface area (Å²) in [7, 11) is 0. The Hall–Kier alpha value is -1.31. The third kappa shape index (κ3) is 4.33. The molecule has 21 heavy (non-hydrogen) atoms. The minimum absolute atomic E-state index is 0.210. The van der Waals surface area contributed by atoms with Gasteiger partial charge in [0.1, 0.15) is 0 Å². The summed E-state index contributed by atoms with van der Waals surface area (Å²) in [5.41, 5.74) is 3.32. The first kappa shape index (κ1) is 16.1. The van der Waals surface area contributed by atoms with Gasteiger partial charge in [-0.1, -0.05) is 44.4 Å². The molecule has 1 amide bonds. The van der Waals surface area contributed by atoms with Crippen molar-refractivity contribution in [2.45, 2.75) is 65.7 Å². The first-order chi connectivity index (χ1) is 10.1. The van der Waals surface area contributed by atoms with Gasteiger partial charge >= 0.3 is 0 Å². The molecule has 1 saturated carbocycles. The van der Waals surface area contributed by atoms with Gasteiger partial charge in [0.05, 0.1) is 0 Å². The van der Waals surface area contributed by atoms with Crippen LogP contribution in [0.2, 0.25) is 0 Å². The molecule has 0 spiro atoms. The van der Waals surface area contributed by atoms with Gasteiger partial charge in [-0.3, -0.25) is 4.79 Å². The number of unbranched alkanes of at least 4 members (excludes halogenated alkanes) is 1. The second kappa shape index (κ2) is 7.63. The van der Waals surface area contributed by atoms with Gasteiger partial charge in [0, 0.05) is 11.6 Å². The molecule has 0 saturated heterocycles. The standard InChI is InChI=1S/C19H29NO/c1-4-5-9-16-10-12-17(13-11-16)19(21)20-18-14(2)7-6-8-15(18)3/h6-8,16-17H,4-5,9-13H2,1-3H3,(H,20,21). The molecule has 1 aliphatic carbocycles. The van der Waals surface area contributed by atoms with Gasteiger partial charge in [0.25, 0.3) is 0 Å². The summed E-state index contributed by atoms with van der Waals surface area (Å²) in [5.74, 6) is 1.29. The minimum atomic E-state index is 0.210. The van der Waals surface area contributed by atoms with Gasteiger partial charge in [-0.2, -0.15) is 0 Å². The van der Waals surface area contributed by atoms with Crippen LogP contribution in [-0.4, -0.2) is 5.91 Å². The predicted molar refractivity (Wildman–Crippen MR) is 89.5 cm³/mol. The van der Waals surface area contributed by atoms with Crippen molar-refractivity contribution in [2.75, 3.05) is 5.32 Å². The van der Waals surface area contributed by atoms with Crippen LogP contribution in [0.1, 0.15) is 63.0 Å². The third-order valence-electron chi connectivity index (χ3n) is 4.91. The molecule has 1 aliphatic rings. The molecule has 2 nitrogen and oxygen atoms in total. The minimum Gasteiger partial charge on any atom is -0.325 e. The Morgan fingerprint density at radius 2 is 1.76 bits per heavy atom. The van der Waals surface area contributed by atoms with Crippen molar-refractivity contribution in [1.82, 2.24) is 0 Å². The molecule has 0 heterocycles. The number of para-hydroxylation sites is 1. The fourth-order valence-corrected chi connectivity index (χ4v) is 3.44. The molecular formula is C19H29NO. The number of carbonyl (C=O) groups is 1. The normalized spacial score (nSPS) is 22.0. The first-order valence-corrected chi connectivity index (χ1v) is 8.49. The van der Waals surface area contributed by atoms with Gasteiger partial charge < -0.3 is 5.32 Å². The SMILES string of the molecule is CCCCC1CCC(C(=O)Nc2c(C)cccc2C)CC1. The Morgan fingerprint density at radius 1 is 1.14 bits per heavy atom.